The largest absolute Gasteiger partial charge is 0.353 e. The molecule has 1 amide bonds. The van der Waals surface area contributed by atoms with Crippen molar-refractivity contribution in [3.8, 4) is 0 Å². The van der Waals surface area contributed by atoms with Gasteiger partial charge in [-0.15, -0.1) is 0 Å². The van der Waals surface area contributed by atoms with E-state index in [1.807, 2.05) is 44.2 Å². The second-order valence-corrected chi connectivity index (χ2v) is 10.3. The fourth-order valence-corrected chi connectivity index (χ4v) is 5.17. The highest BCUT2D eigenvalue weighted by atomic mass is 35.5. The number of carbonyl (C=O) groups is 1. The second-order valence-electron chi connectivity index (χ2n) is 6.94. The lowest BCUT2D eigenvalue weighted by Gasteiger charge is -2.28. The first kappa shape index (κ1) is 23.6. The fourth-order valence-electron chi connectivity index (χ4n) is 2.86. The zero-order valence-corrected chi connectivity index (χ0v) is 19.5. The number of rotatable bonds is 9. The molecule has 1 atom stereocenters. The van der Waals surface area contributed by atoms with Gasteiger partial charge in [0.2, 0.25) is 15.9 Å². The van der Waals surface area contributed by atoms with Crippen LogP contribution in [0.25, 0.3) is 0 Å². The van der Waals surface area contributed by atoms with Crippen LogP contribution in [0.5, 0.6) is 0 Å². The van der Waals surface area contributed by atoms with Crippen molar-refractivity contribution in [2.75, 3.05) is 22.9 Å². The molecule has 0 fully saturated rings. The van der Waals surface area contributed by atoms with E-state index in [2.05, 4.69) is 5.32 Å². The van der Waals surface area contributed by atoms with E-state index in [0.29, 0.717) is 18.0 Å². The molecule has 0 saturated carbocycles. The Balaban J connectivity index is 1.95. The van der Waals surface area contributed by atoms with Gasteiger partial charge in [-0.25, -0.2) is 8.42 Å². The van der Waals surface area contributed by atoms with Gasteiger partial charge in [-0.05, 0) is 55.7 Å². The van der Waals surface area contributed by atoms with E-state index in [4.69, 9.17) is 11.6 Å². The molecule has 0 aliphatic rings. The topological polar surface area (TPSA) is 66.5 Å². The van der Waals surface area contributed by atoms with E-state index in [1.54, 1.807) is 30.8 Å². The lowest BCUT2D eigenvalue weighted by atomic mass is 10.1. The highest BCUT2D eigenvalue weighted by molar-refractivity contribution is 7.98. The number of sulfonamides is 1. The fraction of sp³-hybridized carbons (Fsp3) is 0.381. The number of halogens is 1. The Kier molecular flexibility index (Phi) is 8.43. The summed E-state index contributed by atoms with van der Waals surface area (Å²) in [5.41, 5.74) is 3.58. The number of aryl methyl sites for hydroxylation is 2. The Morgan fingerprint density at radius 2 is 1.86 bits per heavy atom. The Morgan fingerprint density at radius 3 is 2.48 bits per heavy atom. The van der Waals surface area contributed by atoms with Crippen molar-refractivity contribution in [1.29, 1.82) is 0 Å². The van der Waals surface area contributed by atoms with Crippen LogP contribution in [0.15, 0.2) is 42.5 Å². The minimum Gasteiger partial charge on any atom is -0.353 e. The molecule has 2 aromatic carbocycles. The van der Waals surface area contributed by atoms with Crippen molar-refractivity contribution >= 4 is 45.0 Å². The lowest BCUT2D eigenvalue weighted by Crippen LogP contribution is -2.48. The van der Waals surface area contributed by atoms with Crippen LogP contribution in [0.1, 0.15) is 23.6 Å². The quantitative estimate of drug-likeness (QED) is 0.577. The highest BCUT2D eigenvalue weighted by Gasteiger charge is 2.29. The average Bonchev–Trinajstić information content (AvgIpc) is 2.64. The van der Waals surface area contributed by atoms with Crippen LogP contribution in [0, 0.1) is 13.8 Å². The first-order chi connectivity index (χ1) is 13.6. The SMILES string of the molecule is Cc1ccc(N([C@H](C)C(=O)NCCSCc2ccccc2Cl)S(C)(=O)=O)cc1C. The number of carbonyl (C=O) groups excluding carboxylic acids is 1. The summed E-state index contributed by atoms with van der Waals surface area (Å²) in [6, 6.07) is 12.2. The van der Waals surface area contributed by atoms with Crippen LogP contribution in [0.2, 0.25) is 5.02 Å². The molecule has 1 N–H and O–H groups in total. The van der Waals surface area contributed by atoms with E-state index >= 15 is 0 Å². The highest BCUT2D eigenvalue weighted by Crippen LogP contribution is 2.24. The molecule has 0 unspecified atom stereocenters. The van der Waals surface area contributed by atoms with E-state index in [-0.39, 0.29) is 5.91 Å². The molecule has 8 heteroatoms. The van der Waals surface area contributed by atoms with Gasteiger partial charge in [-0.2, -0.15) is 11.8 Å². The summed E-state index contributed by atoms with van der Waals surface area (Å²) in [5.74, 6) is 1.13. The molecule has 29 heavy (non-hydrogen) atoms. The maximum atomic E-state index is 12.6. The summed E-state index contributed by atoms with van der Waals surface area (Å²) in [4.78, 5) is 12.6. The zero-order chi connectivity index (χ0) is 21.6. The predicted octanol–water partition coefficient (Wildman–Crippen LogP) is 4.16. The van der Waals surface area contributed by atoms with Crippen molar-refractivity contribution < 1.29 is 13.2 Å². The molecule has 158 valence electrons. The Hall–Kier alpha value is -1.70. The van der Waals surface area contributed by atoms with Gasteiger partial charge in [0.25, 0.3) is 0 Å². The van der Waals surface area contributed by atoms with Gasteiger partial charge in [-0.3, -0.25) is 9.10 Å². The summed E-state index contributed by atoms with van der Waals surface area (Å²) in [5, 5.41) is 3.56. The van der Waals surface area contributed by atoms with Gasteiger partial charge in [0.05, 0.1) is 11.9 Å². The van der Waals surface area contributed by atoms with Gasteiger partial charge in [-0.1, -0.05) is 35.9 Å². The van der Waals surface area contributed by atoms with Crippen molar-refractivity contribution in [1.82, 2.24) is 5.32 Å². The number of hydrogen-bond donors (Lipinski definition) is 1. The normalized spacial score (nSPS) is 12.4. The molecular weight excluding hydrogens is 428 g/mol. The van der Waals surface area contributed by atoms with Crippen molar-refractivity contribution in [2.24, 2.45) is 0 Å². The van der Waals surface area contributed by atoms with Crippen LogP contribution in [0.4, 0.5) is 5.69 Å². The molecule has 5 nitrogen and oxygen atoms in total. The van der Waals surface area contributed by atoms with Crippen LogP contribution in [-0.4, -0.2) is 38.9 Å². The van der Waals surface area contributed by atoms with Gasteiger partial charge in [0.1, 0.15) is 6.04 Å². The lowest BCUT2D eigenvalue weighted by molar-refractivity contribution is -0.121. The summed E-state index contributed by atoms with van der Waals surface area (Å²) in [6.45, 7) is 5.92. The number of benzene rings is 2. The van der Waals surface area contributed by atoms with Crippen molar-refractivity contribution in [2.45, 2.75) is 32.6 Å². The molecule has 0 aliphatic heterocycles. The summed E-state index contributed by atoms with van der Waals surface area (Å²) < 4.78 is 25.9. The molecule has 0 spiro atoms. The van der Waals surface area contributed by atoms with Crippen molar-refractivity contribution in [3.63, 3.8) is 0 Å². The number of anilines is 1. The third-order valence-corrected chi connectivity index (χ3v) is 7.21. The van der Waals surface area contributed by atoms with E-state index in [9.17, 15) is 13.2 Å². The monoisotopic (exact) mass is 454 g/mol. The zero-order valence-electron chi connectivity index (χ0n) is 17.1. The van der Waals surface area contributed by atoms with Crippen LogP contribution in [-0.2, 0) is 20.6 Å². The standard InChI is InChI=1S/C21H27ClN2O3S2/c1-15-9-10-19(13-16(15)2)24(29(4,26)27)17(3)21(25)23-11-12-28-14-18-7-5-6-8-20(18)22/h5-10,13,17H,11-12,14H2,1-4H3,(H,23,25)/t17-/m1/s1. The Labute approximate surface area is 182 Å². The molecule has 2 rings (SSSR count). The third-order valence-electron chi connectivity index (χ3n) is 4.59. The molecule has 0 aliphatic carbocycles. The van der Waals surface area contributed by atoms with Gasteiger partial charge in [0.15, 0.2) is 0 Å². The Bertz CT molecular complexity index is 964. The first-order valence-electron chi connectivity index (χ1n) is 9.26. The summed E-state index contributed by atoms with van der Waals surface area (Å²) in [7, 11) is -3.62. The minimum atomic E-state index is -3.62. The number of thioether (sulfide) groups is 1. The smallest absolute Gasteiger partial charge is 0.243 e. The second kappa shape index (κ2) is 10.4. The van der Waals surface area contributed by atoms with E-state index in [0.717, 1.165) is 33.7 Å². The number of nitrogens with one attached hydrogen (secondary N) is 1. The van der Waals surface area contributed by atoms with Crippen LogP contribution >= 0.6 is 23.4 Å². The molecule has 0 aromatic heterocycles. The average molecular weight is 455 g/mol. The summed E-state index contributed by atoms with van der Waals surface area (Å²) in [6.07, 6.45) is 1.12. The van der Waals surface area contributed by atoms with Crippen molar-refractivity contribution in [3.05, 3.63) is 64.2 Å². The molecule has 0 bridgehead atoms. The van der Waals surface area contributed by atoms with E-state index < -0.39 is 16.1 Å². The molecule has 0 heterocycles. The maximum absolute atomic E-state index is 12.6. The summed E-state index contributed by atoms with van der Waals surface area (Å²) >= 11 is 7.80. The van der Waals surface area contributed by atoms with Gasteiger partial charge >= 0.3 is 0 Å². The molecule has 0 saturated heterocycles. The minimum absolute atomic E-state index is 0.327. The molecule has 2 aromatic rings. The Morgan fingerprint density at radius 1 is 1.17 bits per heavy atom. The van der Waals surface area contributed by atoms with Gasteiger partial charge < -0.3 is 5.32 Å². The predicted molar refractivity (Wildman–Crippen MR) is 123 cm³/mol. The number of hydrogen-bond acceptors (Lipinski definition) is 4. The maximum Gasteiger partial charge on any atom is 0.243 e. The van der Waals surface area contributed by atoms with Crippen LogP contribution < -0.4 is 9.62 Å². The number of nitrogens with zero attached hydrogens (tertiary/aromatic N) is 1. The third kappa shape index (κ3) is 6.66. The molecule has 0 radical (unpaired) electrons. The number of amides is 1. The molecular formula is C21H27ClN2O3S2. The van der Waals surface area contributed by atoms with E-state index in [1.165, 1.54) is 4.31 Å². The first-order valence-corrected chi connectivity index (χ1v) is 12.6. The van der Waals surface area contributed by atoms with Crippen LogP contribution in [0.3, 0.4) is 0 Å². The van der Waals surface area contributed by atoms with Gasteiger partial charge in [0, 0.05) is 23.1 Å².